The summed E-state index contributed by atoms with van der Waals surface area (Å²) in [7, 11) is 0. The maximum atomic E-state index is 6.22. The Morgan fingerprint density at radius 2 is 0.661 bits per heavy atom. The molecule has 10 aromatic carbocycles. The molecule has 1 heterocycles. The molecule has 0 aliphatic carbocycles. The van der Waals surface area contributed by atoms with Crippen LogP contribution in [0.25, 0.3) is 88.7 Å². The predicted molar refractivity (Wildman–Crippen MR) is 261 cm³/mol. The van der Waals surface area contributed by atoms with Crippen LogP contribution in [0.4, 0.5) is 17.1 Å². The van der Waals surface area contributed by atoms with Crippen LogP contribution in [0.1, 0.15) is 0 Å². The fourth-order valence-electron chi connectivity index (χ4n) is 8.66. The molecule has 0 N–H and O–H groups in total. The number of rotatable bonds is 9. The van der Waals surface area contributed by atoms with Crippen LogP contribution >= 0.6 is 0 Å². The summed E-state index contributed by atoms with van der Waals surface area (Å²) >= 11 is 0. The Balaban J connectivity index is 0.918. The lowest BCUT2D eigenvalue weighted by Crippen LogP contribution is -2.09. The number of hydrogen-bond acceptors (Lipinski definition) is 2. The fraction of sp³-hybridized carbons (Fsp3) is 0. The number of nitrogens with zero attached hydrogens (tertiary/aromatic N) is 1. The van der Waals surface area contributed by atoms with Gasteiger partial charge in [-0.25, -0.2) is 0 Å². The van der Waals surface area contributed by atoms with Crippen molar-refractivity contribution in [2.45, 2.75) is 0 Å². The van der Waals surface area contributed by atoms with Gasteiger partial charge in [0.05, 0.1) is 0 Å². The molecule has 62 heavy (non-hydrogen) atoms. The van der Waals surface area contributed by atoms with Gasteiger partial charge < -0.3 is 9.32 Å². The van der Waals surface area contributed by atoms with E-state index < -0.39 is 0 Å². The molecule has 1 aromatic heterocycles. The monoisotopic (exact) mass is 791 g/mol. The zero-order valence-electron chi connectivity index (χ0n) is 34.0. The minimum absolute atomic E-state index is 0.871. The lowest BCUT2D eigenvalue weighted by atomic mass is 9.96. The lowest BCUT2D eigenvalue weighted by Gasteiger charge is -2.26. The van der Waals surface area contributed by atoms with E-state index in [1.54, 1.807) is 0 Å². The molecule has 0 aliphatic rings. The van der Waals surface area contributed by atoms with Crippen LogP contribution in [0.2, 0.25) is 0 Å². The molecule has 292 valence electrons. The number of benzene rings is 10. The highest BCUT2D eigenvalue weighted by Crippen LogP contribution is 2.39. The summed E-state index contributed by atoms with van der Waals surface area (Å²) in [5, 5.41) is 3.63. The Morgan fingerprint density at radius 3 is 1.26 bits per heavy atom. The first-order valence-corrected chi connectivity index (χ1v) is 21.1. The summed E-state index contributed by atoms with van der Waals surface area (Å²) in [5.74, 6) is 0.871. The Morgan fingerprint density at radius 1 is 0.258 bits per heavy atom. The standard InChI is InChI=1S/C60H41NO/c1-2-11-42(12-3-1)49-16-8-17-50(39-49)45-29-35-55(36-30-45)61(56-37-31-46(32-38-56)51-18-9-19-52(40-51)60-41-53-14-5-7-22-59(53)62-60)54-33-27-44(28-34-54)43-23-25-48(26-24-43)58-21-10-15-47-13-4-6-20-57(47)58/h1-41H. The van der Waals surface area contributed by atoms with Crippen molar-refractivity contribution < 1.29 is 4.42 Å². The van der Waals surface area contributed by atoms with E-state index >= 15 is 0 Å². The highest BCUT2D eigenvalue weighted by atomic mass is 16.3. The second kappa shape index (κ2) is 16.1. The van der Waals surface area contributed by atoms with Crippen LogP contribution in [0.15, 0.2) is 253 Å². The first kappa shape index (κ1) is 36.8. The number of furan rings is 1. The maximum Gasteiger partial charge on any atom is 0.135 e. The van der Waals surface area contributed by atoms with Gasteiger partial charge in [-0.15, -0.1) is 0 Å². The maximum absolute atomic E-state index is 6.22. The number of anilines is 3. The van der Waals surface area contributed by atoms with Gasteiger partial charge in [0.1, 0.15) is 11.3 Å². The second-order valence-electron chi connectivity index (χ2n) is 15.8. The Kier molecular flexibility index (Phi) is 9.57. The Hall–Kier alpha value is -8.20. The molecule has 0 atom stereocenters. The number of hydrogen-bond donors (Lipinski definition) is 0. The Labute approximate surface area is 362 Å². The van der Waals surface area contributed by atoms with Crippen molar-refractivity contribution in [1.29, 1.82) is 0 Å². The summed E-state index contributed by atoms with van der Waals surface area (Å²) < 4.78 is 6.22. The highest BCUT2D eigenvalue weighted by molar-refractivity contribution is 5.97. The van der Waals surface area contributed by atoms with Crippen molar-refractivity contribution in [3.8, 4) is 67.0 Å². The van der Waals surface area contributed by atoms with Crippen LogP contribution in [-0.2, 0) is 0 Å². The quantitative estimate of drug-likeness (QED) is 0.145. The van der Waals surface area contributed by atoms with Gasteiger partial charge in [-0.05, 0) is 127 Å². The second-order valence-corrected chi connectivity index (χ2v) is 15.8. The van der Waals surface area contributed by atoms with Crippen molar-refractivity contribution in [2.75, 3.05) is 4.90 Å². The number of fused-ring (bicyclic) bond motifs is 2. The molecule has 2 heteroatoms. The predicted octanol–water partition coefficient (Wildman–Crippen LogP) is 17.1. The van der Waals surface area contributed by atoms with Gasteiger partial charge in [-0.3, -0.25) is 0 Å². The Bertz CT molecular complexity index is 3270. The van der Waals surface area contributed by atoms with E-state index in [0.29, 0.717) is 0 Å². The van der Waals surface area contributed by atoms with Crippen LogP contribution in [-0.4, -0.2) is 0 Å². The van der Waals surface area contributed by atoms with E-state index in [0.717, 1.165) is 50.5 Å². The highest BCUT2D eigenvalue weighted by Gasteiger charge is 2.15. The molecule has 0 amide bonds. The lowest BCUT2D eigenvalue weighted by molar-refractivity contribution is 0.631. The molecule has 0 radical (unpaired) electrons. The van der Waals surface area contributed by atoms with Crippen molar-refractivity contribution >= 4 is 38.8 Å². The molecule has 0 spiro atoms. The van der Waals surface area contributed by atoms with Gasteiger partial charge in [0, 0.05) is 28.0 Å². The average Bonchev–Trinajstić information content (AvgIpc) is 3.80. The third-order valence-electron chi connectivity index (χ3n) is 11.9. The molecule has 0 bridgehead atoms. The molecule has 0 saturated carbocycles. The summed E-state index contributed by atoms with van der Waals surface area (Å²) in [4.78, 5) is 2.34. The van der Waals surface area contributed by atoms with Crippen molar-refractivity contribution in [1.82, 2.24) is 0 Å². The van der Waals surface area contributed by atoms with Gasteiger partial charge in [-0.2, -0.15) is 0 Å². The summed E-state index contributed by atoms with van der Waals surface area (Å²) in [6.45, 7) is 0. The first-order chi connectivity index (χ1) is 30.7. The molecule has 2 nitrogen and oxygen atoms in total. The van der Waals surface area contributed by atoms with Crippen molar-refractivity contribution in [2.24, 2.45) is 0 Å². The van der Waals surface area contributed by atoms with Gasteiger partial charge in [0.15, 0.2) is 0 Å². The van der Waals surface area contributed by atoms with Crippen molar-refractivity contribution in [3.63, 3.8) is 0 Å². The molecular weight excluding hydrogens is 751 g/mol. The smallest absolute Gasteiger partial charge is 0.135 e. The zero-order chi connectivity index (χ0) is 41.2. The van der Waals surface area contributed by atoms with Crippen LogP contribution in [0.3, 0.4) is 0 Å². The van der Waals surface area contributed by atoms with E-state index in [1.165, 1.54) is 55.3 Å². The topological polar surface area (TPSA) is 16.4 Å². The minimum Gasteiger partial charge on any atom is -0.456 e. The summed E-state index contributed by atoms with van der Waals surface area (Å²) in [6.07, 6.45) is 0. The van der Waals surface area contributed by atoms with Crippen LogP contribution in [0, 0.1) is 0 Å². The van der Waals surface area contributed by atoms with E-state index in [2.05, 4.69) is 235 Å². The number of para-hydroxylation sites is 1. The molecule has 0 saturated heterocycles. The average molecular weight is 792 g/mol. The van der Waals surface area contributed by atoms with E-state index in [-0.39, 0.29) is 0 Å². The molecular formula is C60H41NO. The van der Waals surface area contributed by atoms with Crippen LogP contribution in [0.5, 0.6) is 0 Å². The third-order valence-corrected chi connectivity index (χ3v) is 11.9. The van der Waals surface area contributed by atoms with Gasteiger partial charge in [-0.1, -0.05) is 188 Å². The molecule has 11 aromatic rings. The zero-order valence-corrected chi connectivity index (χ0v) is 34.0. The van der Waals surface area contributed by atoms with E-state index in [9.17, 15) is 0 Å². The molecule has 0 aliphatic heterocycles. The molecule has 0 fully saturated rings. The third kappa shape index (κ3) is 7.25. The SMILES string of the molecule is c1ccc(-c2cccc(-c3ccc(N(c4ccc(-c5ccc(-c6cccc7ccccc67)cc5)cc4)c4ccc(-c5cccc(-c6cc7ccccc7o6)c5)cc4)cc3)c2)cc1. The molecule has 0 unspecified atom stereocenters. The minimum atomic E-state index is 0.871. The van der Waals surface area contributed by atoms with E-state index in [4.69, 9.17) is 4.42 Å². The normalized spacial score (nSPS) is 11.2. The summed E-state index contributed by atoms with van der Waals surface area (Å²) in [6, 6.07) is 89.0. The largest absolute Gasteiger partial charge is 0.456 e. The first-order valence-electron chi connectivity index (χ1n) is 21.1. The fourth-order valence-corrected chi connectivity index (χ4v) is 8.66. The van der Waals surface area contributed by atoms with Gasteiger partial charge in [0.2, 0.25) is 0 Å². The van der Waals surface area contributed by atoms with Gasteiger partial charge in [0.25, 0.3) is 0 Å². The molecule has 11 rings (SSSR count). The van der Waals surface area contributed by atoms with Crippen molar-refractivity contribution in [3.05, 3.63) is 249 Å². The van der Waals surface area contributed by atoms with E-state index in [1.807, 2.05) is 18.2 Å². The van der Waals surface area contributed by atoms with Gasteiger partial charge >= 0.3 is 0 Å². The summed E-state index contributed by atoms with van der Waals surface area (Å²) in [5.41, 5.74) is 17.1. The van der Waals surface area contributed by atoms with Crippen LogP contribution < -0.4 is 4.90 Å².